The van der Waals surface area contributed by atoms with Crippen LogP contribution in [0.5, 0.6) is 5.75 Å². The zero-order valence-electron chi connectivity index (χ0n) is 17.3. The Morgan fingerprint density at radius 2 is 1.94 bits per heavy atom. The van der Waals surface area contributed by atoms with E-state index in [0.717, 1.165) is 16.9 Å². The van der Waals surface area contributed by atoms with Crippen LogP contribution in [0.1, 0.15) is 15.9 Å². The van der Waals surface area contributed by atoms with E-state index in [4.69, 9.17) is 16.3 Å². The predicted octanol–water partition coefficient (Wildman–Crippen LogP) is 4.97. The van der Waals surface area contributed by atoms with Crippen molar-refractivity contribution in [3.63, 3.8) is 0 Å². The number of anilines is 1. The van der Waals surface area contributed by atoms with Crippen molar-refractivity contribution in [1.82, 2.24) is 19.7 Å². The number of halogens is 1. The van der Waals surface area contributed by atoms with Crippen molar-refractivity contribution in [2.24, 2.45) is 0 Å². The van der Waals surface area contributed by atoms with Gasteiger partial charge in [0, 0.05) is 41.2 Å². The zero-order valence-corrected chi connectivity index (χ0v) is 18.0. The molecule has 0 atom stereocenters. The monoisotopic (exact) mass is 445 g/mol. The minimum Gasteiger partial charge on any atom is -0.496 e. The smallest absolute Gasteiger partial charge is 0.274 e. The molecule has 32 heavy (non-hydrogen) atoms. The van der Waals surface area contributed by atoms with Gasteiger partial charge in [0.2, 0.25) is 5.95 Å². The molecule has 0 unspecified atom stereocenters. The van der Waals surface area contributed by atoms with Crippen LogP contribution in [0.25, 0.3) is 17.5 Å². The molecule has 4 aromatic rings. The second kappa shape index (κ2) is 9.89. The van der Waals surface area contributed by atoms with Gasteiger partial charge in [-0.1, -0.05) is 41.9 Å². The molecule has 2 aromatic heterocycles. The number of nitrogens with zero attached hydrogens (tertiary/aromatic N) is 4. The molecule has 0 radical (unpaired) electrons. The van der Waals surface area contributed by atoms with Gasteiger partial charge >= 0.3 is 0 Å². The molecule has 2 heterocycles. The van der Waals surface area contributed by atoms with E-state index in [1.807, 2.05) is 42.5 Å². The van der Waals surface area contributed by atoms with Gasteiger partial charge in [-0.25, -0.2) is 0 Å². The van der Waals surface area contributed by atoms with E-state index >= 15 is 0 Å². The predicted molar refractivity (Wildman–Crippen MR) is 125 cm³/mol. The number of carbonyl (C=O) groups is 1. The molecule has 0 aliphatic carbocycles. The van der Waals surface area contributed by atoms with Gasteiger partial charge in [0.15, 0.2) is 5.82 Å². The molecule has 0 aliphatic rings. The van der Waals surface area contributed by atoms with Crippen LogP contribution in [-0.4, -0.2) is 32.8 Å². The van der Waals surface area contributed by atoms with Crippen LogP contribution in [-0.2, 0) is 6.54 Å². The van der Waals surface area contributed by atoms with Crippen molar-refractivity contribution in [3.05, 3.63) is 95.3 Å². The van der Waals surface area contributed by atoms with Gasteiger partial charge in [0.05, 0.1) is 7.11 Å². The molecule has 0 saturated carbocycles. The Morgan fingerprint density at radius 3 is 2.69 bits per heavy atom. The molecule has 8 heteroatoms. The first-order valence-corrected chi connectivity index (χ1v) is 10.2. The quantitative estimate of drug-likeness (QED) is 0.404. The Kier molecular flexibility index (Phi) is 6.57. The topological polar surface area (TPSA) is 81.9 Å². The van der Waals surface area contributed by atoms with Gasteiger partial charge in [-0.05, 0) is 42.0 Å². The van der Waals surface area contributed by atoms with Gasteiger partial charge in [-0.2, -0.15) is 9.67 Å². The lowest BCUT2D eigenvalue weighted by Gasteiger charge is -2.09. The summed E-state index contributed by atoms with van der Waals surface area (Å²) in [7, 11) is 1.62. The van der Waals surface area contributed by atoms with E-state index in [9.17, 15) is 4.79 Å². The number of hydrogen-bond donors (Lipinski definition) is 1. The minimum absolute atomic E-state index is 0.320. The summed E-state index contributed by atoms with van der Waals surface area (Å²) in [6.07, 6.45) is 6.46. The average molecular weight is 446 g/mol. The van der Waals surface area contributed by atoms with Crippen LogP contribution in [0.4, 0.5) is 5.95 Å². The number of methoxy groups -OCH3 is 1. The van der Waals surface area contributed by atoms with Gasteiger partial charge < -0.3 is 10.1 Å². The SMILES string of the molecule is COc1ccccc1CNc1nc(-c2cccnc2)nn1C(=O)/C=C/c1ccc(Cl)cc1. The number of rotatable bonds is 7. The molecule has 1 N–H and O–H groups in total. The maximum Gasteiger partial charge on any atom is 0.274 e. The summed E-state index contributed by atoms with van der Waals surface area (Å²) in [5.74, 6) is 1.12. The fraction of sp³-hybridized carbons (Fsp3) is 0.0833. The lowest BCUT2D eigenvalue weighted by molar-refractivity contribution is 0.0957. The first-order valence-electron chi connectivity index (χ1n) is 9.85. The normalized spacial score (nSPS) is 10.9. The highest BCUT2D eigenvalue weighted by atomic mass is 35.5. The summed E-state index contributed by atoms with van der Waals surface area (Å²) in [6, 6.07) is 18.5. The van der Waals surface area contributed by atoms with Crippen LogP contribution in [0.3, 0.4) is 0 Å². The second-order valence-electron chi connectivity index (χ2n) is 6.80. The van der Waals surface area contributed by atoms with Gasteiger partial charge in [0.1, 0.15) is 5.75 Å². The molecule has 160 valence electrons. The number of benzene rings is 2. The number of hydrogen-bond acceptors (Lipinski definition) is 6. The fourth-order valence-corrected chi connectivity index (χ4v) is 3.16. The lowest BCUT2D eigenvalue weighted by atomic mass is 10.2. The van der Waals surface area contributed by atoms with E-state index in [1.165, 1.54) is 10.8 Å². The van der Waals surface area contributed by atoms with E-state index in [-0.39, 0.29) is 5.91 Å². The van der Waals surface area contributed by atoms with Crippen molar-refractivity contribution in [2.75, 3.05) is 12.4 Å². The highest BCUT2D eigenvalue weighted by Gasteiger charge is 2.16. The fourth-order valence-electron chi connectivity index (χ4n) is 3.03. The van der Waals surface area contributed by atoms with E-state index in [1.54, 1.807) is 43.8 Å². The number of pyridine rings is 1. The summed E-state index contributed by atoms with van der Waals surface area (Å²) >= 11 is 5.92. The minimum atomic E-state index is -0.342. The molecule has 0 amide bonds. The van der Waals surface area contributed by atoms with E-state index in [2.05, 4.69) is 20.4 Å². The molecule has 0 bridgehead atoms. The summed E-state index contributed by atoms with van der Waals surface area (Å²) < 4.78 is 6.64. The third-order valence-corrected chi connectivity index (χ3v) is 4.91. The largest absolute Gasteiger partial charge is 0.496 e. The molecular formula is C24H20ClN5O2. The zero-order chi connectivity index (χ0) is 22.3. The number of aromatic nitrogens is 4. The van der Waals surface area contributed by atoms with Crippen molar-refractivity contribution >= 4 is 29.5 Å². The first kappa shape index (κ1) is 21.3. The summed E-state index contributed by atoms with van der Waals surface area (Å²) in [5, 5.41) is 8.24. The molecule has 0 saturated heterocycles. The number of para-hydroxylation sites is 1. The number of nitrogens with one attached hydrogen (secondary N) is 1. The summed E-state index contributed by atoms with van der Waals surface area (Å²) in [6.45, 7) is 0.406. The average Bonchev–Trinajstić information content (AvgIpc) is 3.27. The summed E-state index contributed by atoms with van der Waals surface area (Å²) in [5.41, 5.74) is 2.48. The van der Waals surface area contributed by atoms with Gasteiger partial charge in [-0.15, -0.1) is 5.10 Å². The van der Waals surface area contributed by atoms with Crippen LogP contribution in [0.15, 0.2) is 79.1 Å². The first-order chi connectivity index (χ1) is 15.6. The maximum absolute atomic E-state index is 13.0. The molecule has 2 aromatic carbocycles. The second-order valence-corrected chi connectivity index (χ2v) is 7.24. The van der Waals surface area contributed by atoms with Crippen LogP contribution >= 0.6 is 11.6 Å². The van der Waals surface area contributed by atoms with Crippen molar-refractivity contribution in [2.45, 2.75) is 6.54 Å². The van der Waals surface area contributed by atoms with E-state index in [0.29, 0.717) is 28.9 Å². The molecule has 7 nitrogen and oxygen atoms in total. The highest BCUT2D eigenvalue weighted by Crippen LogP contribution is 2.21. The highest BCUT2D eigenvalue weighted by molar-refractivity contribution is 6.30. The van der Waals surface area contributed by atoms with Crippen LogP contribution < -0.4 is 10.1 Å². The molecule has 4 rings (SSSR count). The van der Waals surface area contributed by atoms with Crippen molar-refractivity contribution in [1.29, 1.82) is 0 Å². The standard InChI is InChI=1S/C24H20ClN5O2/c1-32-21-7-3-2-5-18(21)16-27-24-28-23(19-6-4-14-26-15-19)29-30(24)22(31)13-10-17-8-11-20(25)12-9-17/h2-15H,16H2,1H3,(H,27,28,29)/b13-10+. The van der Waals surface area contributed by atoms with E-state index < -0.39 is 0 Å². The van der Waals surface area contributed by atoms with Crippen molar-refractivity contribution in [3.8, 4) is 17.1 Å². The van der Waals surface area contributed by atoms with Crippen LogP contribution in [0.2, 0.25) is 5.02 Å². The van der Waals surface area contributed by atoms with Gasteiger partial charge in [0.25, 0.3) is 5.91 Å². The Hall–Kier alpha value is -3.97. The molecule has 0 aliphatic heterocycles. The Morgan fingerprint density at radius 1 is 1.12 bits per heavy atom. The maximum atomic E-state index is 13.0. The summed E-state index contributed by atoms with van der Waals surface area (Å²) in [4.78, 5) is 21.6. The number of allylic oxidation sites excluding steroid dienone is 1. The molecule has 0 fully saturated rings. The molecular weight excluding hydrogens is 426 g/mol. The third-order valence-electron chi connectivity index (χ3n) is 4.65. The molecule has 0 spiro atoms. The number of ether oxygens (including phenoxy) is 1. The Bertz CT molecular complexity index is 1240. The Balaban J connectivity index is 1.62. The Labute approximate surface area is 190 Å². The van der Waals surface area contributed by atoms with Crippen molar-refractivity contribution < 1.29 is 9.53 Å². The van der Waals surface area contributed by atoms with Gasteiger partial charge in [-0.3, -0.25) is 9.78 Å². The lowest BCUT2D eigenvalue weighted by Crippen LogP contribution is -2.14. The third kappa shape index (κ3) is 5.01. The number of carbonyl (C=O) groups excluding carboxylic acids is 1. The van der Waals surface area contributed by atoms with Crippen LogP contribution in [0, 0.1) is 0 Å².